The van der Waals surface area contributed by atoms with Crippen molar-refractivity contribution in [1.29, 1.82) is 0 Å². The monoisotopic (exact) mass is 232 g/mol. The number of aliphatic hydroxyl groups is 1. The Hall–Kier alpha value is -1.55. The maximum absolute atomic E-state index is 11.2. The largest absolute Gasteiger partial charge is 0.396 e. The van der Waals surface area contributed by atoms with Gasteiger partial charge in [-0.1, -0.05) is 12.5 Å². The Morgan fingerprint density at radius 3 is 2.65 bits per heavy atom. The molecule has 0 amide bonds. The van der Waals surface area contributed by atoms with Crippen molar-refractivity contribution in [3.63, 3.8) is 0 Å². The van der Waals surface area contributed by atoms with Gasteiger partial charge in [0.05, 0.1) is 11.0 Å². The molecule has 90 valence electrons. The highest BCUT2D eigenvalue weighted by Gasteiger charge is 2.36. The summed E-state index contributed by atoms with van der Waals surface area (Å²) in [5.41, 5.74) is 2.79. The van der Waals surface area contributed by atoms with Crippen molar-refractivity contribution in [2.45, 2.75) is 25.7 Å². The average Bonchev–Trinajstić information content (AvgIpc) is 2.63. The van der Waals surface area contributed by atoms with Gasteiger partial charge in [0.15, 0.2) is 0 Å². The molecule has 1 aromatic heterocycles. The fourth-order valence-corrected chi connectivity index (χ4v) is 2.69. The van der Waals surface area contributed by atoms with Gasteiger partial charge in [0.25, 0.3) is 0 Å². The molecule has 0 atom stereocenters. The summed E-state index contributed by atoms with van der Waals surface area (Å²) < 4.78 is 0. The molecule has 0 bridgehead atoms. The molecule has 1 heterocycles. The SMILES string of the molecule is O=c1[nH]c2ccc(CC3(CO)CCC3)cc2[nH]1. The highest BCUT2D eigenvalue weighted by Crippen LogP contribution is 2.43. The number of aliphatic hydroxyl groups excluding tert-OH is 1. The third-order valence-corrected chi connectivity index (χ3v) is 3.91. The van der Waals surface area contributed by atoms with E-state index in [0.29, 0.717) is 0 Å². The minimum atomic E-state index is -0.169. The van der Waals surface area contributed by atoms with Crippen molar-refractivity contribution in [2.75, 3.05) is 6.61 Å². The second-order valence-corrected chi connectivity index (χ2v) is 5.15. The lowest BCUT2D eigenvalue weighted by molar-refractivity contribution is 0.0450. The molecule has 0 radical (unpaired) electrons. The number of H-pyrrole nitrogens is 2. The third-order valence-electron chi connectivity index (χ3n) is 3.91. The third kappa shape index (κ3) is 1.78. The van der Waals surface area contributed by atoms with E-state index in [1.165, 1.54) is 12.0 Å². The zero-order valence-electron chi connectivity index (χ0n) is 9.62. The van der Waals surface area contributed by atoms with Crippen molar-refractivity contribution in [3.8, 4) is 0 Å². The van der Waals surface area contributed by atoms with E-state index in [9.17, 15) is 9.90 Å². The van der Waals surface area contributed by atoms with Gasteiger partial charge in [-0.15, -0.1) is 0 Å². The first-order valence-electron chi connectivity index (χ1n) is 6.03. The first-order valence-corrected chi connectivity index (χ1v) is 6.03. The van der Waals surface area contributed by atoms with Gasteiger partial charge in [0.1, 0.15) is 0 Å². The molecule has 4 heteroatoms. The number of imidazole rings is 1. The van der Waals surface area contributed by atoms with E-state index in [2.05, 4.69) is 9.97 Å². The van der Waals surface area contributed by atoms with Crippen LogP contribution in [0.1, 0.15) is 24.8 Å². The topological polar surface area (TPSA) is 68.9 Å². The summed E-state index contributed by atoms with van der Waals surface area (Å²) in [7, 11) is 0. The Morgan fingerprint density at radius 2 is 2.00 bits per heavy atom. The van der Waals surface area contributed by atoms with Crippen LogP contribution < -0.4 is 5.69 Å². The van der Waals surface area contributed by atoms with Crippen molar-refractivity contribution < 1.29 is 5.11 Å². The number of aromatic amines is 2. The molecule has 0 aliphatic heterocycles. The second kappa shape index (κ2) is 3.74. The van der Waals surface area contributed by atoms with Crippen LogP contribution >= 0.6 is 0 Å². The molecule has 17 heavy (non-hydrogen) atoms. The Kier molecular flexibility index (Phi) is 2.33. The number of fused-ring (bicyclic) bond motifs is 1. The Bertz CT molecular complexity index is 587. The zero-order chi connectivity index (χ0) is 11.9. The molecular formula is C13H16N2O2. The van der Waals surface area contributed by atoms with Gasteiger partial charge in [-0.25, -0.2) is 4.79 Å². The molecular weight excluding hydrogens is 216 g/mol. The van der Waals surface area contributed by atoms with Crippen LogP contribution in [-0.2, 0) is 6.42 Å². The van der Waals surface area contributed by atoms with Crippen molar-refractivity contribution in [3.05, 3.63) is 34.2 Å². The van der Waals surface area contributed by atoms with Gasteiger partial charge in [0, 0.05) is 6.61 Å². The Labute approximate surface area is 98.7 Å². The minimum Gasteiger partial charge on any atom is -0.396 e. The summed E-state index contributed by atoms with van der Waals surface area (Å²) in [6.07, 6.45) is 4.31. The lowest BCUT2D eigenvalue weighted by Gasteiger charge is -2.40. The van der Waals surface area contributed by atoms with Crippen molar-refractivity contribution in [1.82, 2.24) is 9.97 Å². The highest BCUT2D eigenvalue weighted by atomic mass is 16.3. The number of hydrogen-bond acceptors (Lipinski definition) is 2. The summed E-state index contributed by atoms with van der Waals surface area (Å²) >= 11 is 0. The number of hydrogen-bond donors (Lipinski definition) is 3. The van der Waals surface area contributed by atoms with Crippen LogP contribution in [-0.4, -0.2) is 21.7 Å². The molecule has 0 unspecified atom stereocenters. The number of aromatic nitrogens is 2. The van der Waals surface area contributed by atoms with Crippen LogP contribution in [0.2, 0.25) is 0 Å². The van der Waals surface area contributed by atoms with E-state index >= 15 is 0 Å². The fourth-order valence-electron chi connectivity index (χ4n) is 2.69. The molecule has 1 aliphatic rings. The number of benzene rings is 1. The second-order valence-electron chi connectivity index (χ2n) is 5.15. The summed E-state index contributed by atoms with van der Waals surface area (Å²) in [6.45, 7) is 0.259. The molecule has 0 saturated heterocycles. The maximum atomic E-state index is 11.2. The first-order chi connectivity index (χ1) is 8.21. The molecule has 2 aromatic rings. The van der Waals surface area contributed by atoms with Gasteiger partial charge in [-0.2, -0.15) is 0 Å². The van der Waals surface area contributed by atoms with Crippen LogP contribution in [0, 0.1) is 5.41 Å². The van der Waals surface area contributed by atoms with Crippen LogP contribution in [0.25, 0.3) is 11.0 Å². The lowest BCUT2D eigenvalue weighted by Crippen LogP contribution is -2.35. The number of nitrogens with one attached hydrogen (secondary N) is 2. The van der Waals surface area contributed by atoms with E-state index in [4.69, 9.17) is 0 Å². The van der Waals surface area contributed by atoms with E-state index in [-0.39, 0.29) is 17.7 Å². The smallest absolute Gasteiger partial charge is 0.323 e. The molecule has 3 rings (SSSR count). The molecule has 1 aliphatic carbocycles. The lowest BCUT2D eigenvalue weighted by atomic mass is 9.66. The van der Waals surface area contributed by atoms with Gasteiger partial charge >= 0.3 is 5.69 Å². The molecule has 1 saturated carbocycles. The van der Waals surface area contributed by atoms with Gasteiger partial charge in [0.2, 0.25) is 0 Å². The van der Waals surface area contributed by atoms with Crippen molar-refractivity contribution in [2.24, 2.45) is 5.41 Å². The summed E-state index contributed by atoms with van der Waals surface area (Å²) in [4.78, 5) is 16.7. The normalized spacial score (nSPS) is 18.2. The predicted octanol–water partition coefficient (Wildman–Crippen LogP) is 1.56. The van der Waals surface area contributed by atoms with Gasteiger partial charge in [-0.3, -0.25) is 0 Å². The minimum absolute atomic E-state index is 0.0876. The quantitative estimate of drug-likeness (QED) is 0.751. The standard InChI is InChI=1S/C13H16N2O2/c16-8-13(4-1-5-13)7-9-2-3-10-11(6-9)15-12(17)14-10/h2-3,6,16H,1,4-5,7-8H2,(H2,14,15,17). The zero-order valence-corrected chi connectivity index (χ0v) is 9.62. The molecule has 1 fully saturated rings. The average molecular weight is 232 g/mol. The Balaban J connectivity index is 1.92. The van der Waals surface area contributed by atoms with E-state index in [1.54, 1.807) is 0 Å². The Morgan fingerprint density at radius 1 is 1.24 bits per heavy atom. The maximum Gasteiger partial charge on any atom is 0.323 e. The highest BCUT2D eigenvalue weighted by molar-refractivity contribution is 5.75. The summed E-state index contributed by atoms with van der Waals surface area (Å²) in [5, 5.41) is 9.45. The van der Waals surface area contributed by atoms with E-state index in [0.717, 1.165) is 30.3 Å². The molecule has 0 spiro atoms. The van der Waals surface area contributed by atoms with Crippen LogP contribution in [0.5, 0.6) is 0 Å². The summed E-state index contributed by atoms with van der Waals surface area (Å²) in [5.74, 6) is 0. The molecule has 4 nitrogen and oxygen atoms in total. The summed E-state index contributed by atoms with van der Waals surface area (Å²) in [6, 6.07) is 5.96. The number of rotatable bonds is 3. The van der Waals surface area contributed by atoms with Crippen LogP contribution in [0.3, 0.4) is 0 Å². The van der Waals surface area contributed by atoms with Crippen LogP contribution in [0.15, 0.2) is 23.0 Å². The predicted molar refractivity (Wildman–Crippen MR) is 66.0 cm³/mol. The van der Waals surface area contributed by atoms with E-state index < -0.39 is 0 Å². The molecule has 1 aromatic carbocycles. The van der Waals surface area contributed by atoms with Crippen LogP contribution in [0.4, 0.5) is 0 Å². The first kappa shape index (κ1) is 10.6. The van der Waals surface area contributed by atoms with E-state index in [1.807, 2.05) is 18.2 Å². The molecule has 3 N–H and O–H groups in total. The van der Waals surface area contributed by atoms with Gasteiger partial charge < -0.3 is 15.1 Å². The van der Waals surface area contributed by atoms with Gasteiger partial charge in [-0.05, 0) is 42.4 Å². The fraction of sp³-hybridized carbons (Fsp3) is 0.462. The van der Waals surface area contributed by atoms with Crippen molar-refractivity contribution >= 4 is 11.0 Å².